The number of carbonyl (C=O) groups is 2. The van der Waals surface area contributed by atoms with Gasteiger partial charge in [-0.05, 0) is 55.3 Å². The minimum atomic E-state index is -0.846. The molecular formula is C32H35F2N3O5. The standard InChI is InChI=1S/C32H35F2N3O5/c1-19-30(20-13-22(33)16-23(34)14-20)42-31(39)37(19)18-26-24(8-10-28(35-26)36-11-6-12-36)25-15-21(7-9-27(25)40-4)32(2,3)17-29(38)41-5/h7-10,13-16,19,30H,6,11-12,17-18H2,1-5H3/t19-,30-/m0/s1. The van der Waals surface area contributed by atoms with Crippen LogP contribution in [0.2, 0.25) is 0 Å². The fourth-order valence-electron chi connectivity index (χ4n) is 5.51. The van der Waals surface area contributed by atoms with Crippen LogP contribution in [-0.2, 0) is 26.2 Å². The van der Waals surface area contributed by atoms with Gasteiger partial charge in [0.05, 0.1) is 38.9 Å². The third-order valence-electron chi connectivity index (χ3n) is 8.15. The summed E-state index contributed by atoms with van der Waals surface area (Å²) in [7, 11) is 2.96. The van der Waals surface area contributed by atoms with E-state index in [-0.39, 0.29) is 24.5 Å². The number of nitrogens with zero attached hydrogens (tertiary/aromatic N) is 3. The molecule has 42 heavy (non-hydrogen) atoms. The summed E-state index contributed by atoms with van der Waals surface area (Å²) in [6.07, 6.45) is -0.181. The first-order valence-electron chi connectivity index (χ1n) is 13.9. The van der Waals surface area contributed by atoms with Gasteiger partial charge in [0, 0.05) is 41.3 Å². The van der Waals surface area contributed by atoms with Gasteiger partial charge in [-0.2, -0.15) is 0 Å². The van der Waals surface area contributed by atoms with Crippen LogP contribution in [0.5, 0.6) is 5.75 Å². The van der Waals surface area contributed by atoms with Crippen LogP contribution in [0.25, 0.3) is 11.1 Å². The van der Waals surface area contributed by atoms with Gasteiger partial charge in [-0.3, -0.25) is 9.69 Å². The van der Waals surface area contributed by atoms with Crippen LogP contribution in [0.4, 0.5) is 19.4 Å². The van der Waals surface area contributed by atoms with Crippen molar-refractivity contribution in [1.82, 2.24) is 9.88 Å². The van der Waals surface area contributed by atoms with Crippen molar-refractivity contribution < 1.29 is 32.6 Å². The molecular weight excluding hydrogens is 544 g/mol. The van der Waals surface area contributed by atoms with Crippen molar-refractivity contribution in [1.29, 1.82) is 0 Å². The molecule has 2 atom stereocenters. The normalized spacial score (nSPS) is 18.5. The number of carbonyl (C=O) groups excluding carboxylic acids is 2. The van der Waals surface area contributed by atoms with E-state index >= 15 is 0 Å². The molecule has 2 aliphatic rings. The summed E-state index contributed by atoms with van der Waals surface area (Å²) >= 11 is 0. The number of halogens is 2. The van der Waals surface area contributed by atoms with E-state index in [2.05, 4.69) is 4.90 Å². The molecule has 222 valence electrons. The quantitative estimate of drug-likeness (QED) is 0.281. The maximum Gasteiger partial charge on any atom is 0.411 e. The second-order valence-electron chi connectivity index (χ2n) is 11.4. The average Bonchev–Trinajstić information content (AvgIpc) is 3.19. The zero-order chi connectivity index (χ0) is 30.2. The molecule has 5 rings (SSSR count). The summed E-state index contributed by atoms with van der Waals surface area (Å²) in [6, 6.07) is 12.3. The first kappa shape index (κ1) is 29.3. The van der Waals surface area contributed by atoms with Crippen molar-refractivity contribution in [3.63, 3.8) is 0 Å². The second kappa shape index (κ2) is 11.6. The number of rotatable bonds is 9. The highest BCUT2D eigenvalue weighted by molar-refractivity contribution is 5.77. The first-order valence-corrected chi connectivity index (χ1v) is 13.9. The van der Waals surface area contributed by atoms with E-state index in [1.807, 2.05) is 44.2 Å². The predicted octanol–water partition coefficient (Wildman–Crippen LogP) is 6.17. The Kier molecular flexibility index (Phi) is 8.08. The van der Waals surface area contributed by atoms with Gasteiger partial charge in [0.25, 0.3) is 0 Å². The van der Waals surface area contributed by atoms with Gasteiger partial charge in [-0.15, -0.1) is 0 Å². The molecule has 0 aliphatic carbocycles. The van der Waals surface area contributed by atoms with Crippen molar-refractivity contribution in [3.05, 3.63) is 77.0 Å². The van der Waals surface area contributed by atoms with Gasteiger partial charge >= 0.3 is 12.1 Å². The lowest BCUT2D eigenvalue weighted by Crippen LogP contribution is -2.38. The van der Waals surface area contributed by atoms with E-state index in [0.717, 1.165) is 48.1 Å². The molecule has 0 N–H and O–H groups in total. The molecule has 0 radical (unpaired) electrons. The van der Waals surface area contributed by atoms with Crippen LogP contribution >= 0.6 is 0 Å². The van der Waals surface area contributed by atoms with Gasteiger partial charge in [0.2, 0.25) is 0 Å². The predicted molar refractivity (Wildman–Crippen MR) is 153 cm³/mol. The number of cyclic esters (lactones) is 1. The molecule has 2 aromatic carbocycles. The number of methoxy groups -OCH3 is 2. The number of pyridine rings is 1. The number of anilines is 1. The second-order valence-corrected chi connectivity index (χ2v) is 11.4. The van der Waals surface area contributed by atoms with Crippen LogP contribution in [0, 0.1) is 11.6 Å². The number of benzene rings is 2. The Bertz CT molecular complexity index is 1490. The molecule has 1 aromatic heterocycles. The van der Waals surface area contributed by atoms with Crippen molar-refractivity contribution in [2.45, 2.75) is 57.7 Å². The Morgan fingerprint density at radius 3 is 2.38 bits per heavy atom. The minimum absolute atomic E-state index is 0.101. The van der Waals surface area contributed by atoms with Crippen LogP contribution in [-0.4, -0.2) is 55.3 Å². The van der Waals surface area contributed by atoms with E-state index in [9.17, 15) is 18.4 Å². The molecule has 2 fully saturated rings. The Morgan fingerprint density at radius 1 is 1.05 bits per heavy atom. The smallest absolute Gasteiger partial charge is 0.411 e. The maximum absolute atomic E-state index is 14.0. The van der Waals surface area contributed by atoms with E-state index < -0.39 is 35.3 Å². The van der Waals surface area contributed by atoms with Crippen LogP contribution in [0.15, 0.2) is 48.5 Å². The van der Waals surface area contributed by atoms with Gasteiger partial charge in [-0.25, -0.2) is 18.6 Å². The number of aromatic nitrogens is 1. The number of hydrogen-bond acceptors (Lipinski definition) is 7. The van der Waals surface area contributed by atoms with E-state index in [0.29, 0.717) is 11.4 Å². The summed E-state index contributed by atoms with van der Waals surface area (Å²) in [6.45, 7) is 7.61. The van der Waals surface area contributed by atoms with Crippen molar-refractivity contribution in [3.8, 4) is 16.9 Å². The van der Waals surface area contributed by atoms with Gasteiger partial charge in [-0.1, -0.05) is 19.9 Å². The highest BCUT2D eigenvalue weighted by atomic mass is 19.1. The molecule has 0 unspecified atom stereocenters. The molecule has 8 nitrogen and oxygen atoms in total. The Hall–Kier alpha value is -4.21. The zero-order valence-electron chi connectivity index (χ0n) is 24.4. The molecule has 3 aromatic rings. The number of ether oxygens (including phenoxy) is 3. The topological polar surface area (TPSA) is 81.2 Å². The molecule has 0 spiro atoms. The summed E-state index contributed by atoms with van der Waals surface area (Å²) in [5.74, 6) is -0.379. The fourth-order valence-corrected chi connectivity index (χ4v) is 5.51. The lowest BCUT2D eigenvalue weighted by atomic mass is 9.80. The molecule has 1 amide bonds. The number of hydrogen-bond donors (Lipinski definition) is 0. The molecule has 2 saturated heterocycles. The molecule has 3 heterocycles. The summed E-state index contributed by atoms with van der Waals surface area (Å²) in [4.78, 5) is 33.9. The number of esters is 1. The SMILES string of the molecule is COC(=O)CC(C)(C)c1ccc(OC)c(-c2ccc(N3CCC3)nc2CN2C(=O)O[C@H](c3cc(F)cc(F)c3)[C@@H]2C)c1. The monoisotopic (exact) mass is 579 g/mol. The summed E-state index contributed by atoms with van der Waals surface area (Å²) in [5, 5.41) is 0. The fraction of sp³-hybridized carbons (Fsp3) is 0.406. The largest absolute Gasteiger partial charge is 0.496 e. The summed E-state index contributed by atoms with van der Waals surface area (Å²) in [5.41, 5.74) is 2.77. The lowest BCUT2D eigenvalue weighted by molar-refractivity contribution is -0.141. The highest BCUT2D eigenvalue weighted by Gasteiger charge is 2.41. The first-order chi connectivity index (χ1) is 20.0. The molecule has 0 bridgehead atoms. The molecule has 10 heteroatoms. The highest BCUT2D eigenvalue weighted by Crippen LogP contribution is 2.40. The van der Waals surface area contributed by atoms with Gasteiger partial charge < -0.3 is 19.1 Å². The Labute approximate surface area is 244 Å². The van der Waals surface area contributed by atoms with Crippen molar-refractivity contribution in [2.24, 2.45) is 0 Å². The van der Waals surface area contributed by atoms with Crippen molar-refractivity contribution in [2.75, 3.05) is 32.2 Å². The average molecular weight is 580 g/mol. The third-order valence-corrected chi connectivity index (χ3v) is 8.15. The van der Waals surface area contributed by atoms with Crippen LogP contribution in [0.3, 0.4) is 0 Å². The minimum Gasteiger partial charge on any atom is -0.496 e. The van der Waals surface area contributed by atoms with Gasteiger partial charge in [0.1, 0.15) is 29.3 Å². The third kappa shape index (κ3) is 5.75. The van der Waals surface area contributed by atoms with Crippen LogP contribution in [0.1, 0.15) is 56.5 Å². The van der Waals surface area contributed by atoms with Gasteiger partial charge in [0.15, 0.2) is 0 Å². The van der Waals surface area contributed by atoms with E-state index in [4.69, 9.17) is 19.2 Å². The lowest BCUT2D eigenvalue weighted by Gasteiger charge is -2.33. The molecule has 0 saturated carbocycles. The van der Waals surface area contributed by atoms with Crippen molar-refractivity contribution >= 4 is 17.9 Å². The van der Waals surface area contributed by atoms with E-state index in [1.54, 1.807) is 14.0 Å². The molecule has 2 aliphatic heterocycles. The summed E-state index contributed by atoms with van der Waals surface area (Å²) < 4.78 is 44.2. The Morgan fingerprint density at radius 2 is 1.76 bits per heavy atom. The zero-order valence-corrected chi connectivity index (χ0v) is 24.4. The van der Waals surface area contributed by atoms with Crippen LogP contribution < -0.4 is 9.64 Å². The Balaban J connectivity index is 1.54. The maximum atomic E-state index is 14.0. The number of amides is 1. The van der Waals surface area contributed by atoms with E-state index in [1.165, 1.54) is 24.1 Å².